The summed E-state index contributed by atoms with van der Waals surface area (Å²) in [6.07, 6.45) is 5.12. The van der Waals surface area contributed by atoms with Gasteiger partial charge in [0.05, 0.1) is 25.2 Å². The summed E-state index contributed by atoms with van der Waals surface area (Å²) >= 11 is 1.84. The highest BCUT2D eigenvalue weighted by molar-refractivity contribution is 8.00. The van der Waals surface area contributed by atoms with Crippen molar-refractivity contribution in [2.45, 2.75) is 126 Å². The van der Waals surface area contributed by atoms with Crippen molar-refractivity contribution in [3.05, 3.63) is 35.9 Å². The maximum atomic E-state index is 14.0. The number of fused-ring (bicyclic) bond motifs is 1. The van der Waals surface area contributed by atoms with Crippen LogP contribution in [0.25, 0.3) is 0 Å². The van der Waals surface area contributed by atoms with Crippen molar-refractivity contribution in [2.24, 2.45) is 17.6 Å². The van der Waals surface area contributed by atoms with Crippen molar-refractivity contribution < 1.29 is 48.4 Å². The van der Waals surface area contributed by atoms with Gasteiger partial charge in [-0.3, -0.25) is 43.6 Å². The number of rotatable bonds is 26. The smallest absolute Gasteiger partial charge is 0.315 e. The van der Waals surface area contributed by atoms with Crippen LogP contribution in [0.1, 0.15) is 90.0 Å². The monoisotopic (exact) mass is 900 g/mol. The van der Waals surface area contributed by atoms with Gasteiger partial charge in [0.2, 0.25) is 47.3 Å². The number of unbranched alkanes of at least 4 members (excludes halogenated alkanes) is 2. The molecule has 1 aromatic rings. The van der Waals surface area contributed by atoms with Crippen LogP contribution >= 0.6 is 11.8 Å². The summed E-state index contributed by atoms with van der Waals surface area (Å²) in [5.41, 5.74) is 7.81. The van der Waals surface area contributed by atoms with Crippen LogP contribution in [-0.4, -0.2) is 131 Å². The average molecular weight is 901 g/mol. The van der Waals surface area contributed by atoms with Crippen LogP contribution < -0.4 is 48.4 Å². The van der Waals surface area contributed by atoms with E-state index < -0.39 is 78.5 Å². The van der Waals surface area contributed by atoms with E-state index in [0.29, 0.717) is 50.3 Å². The third-order valence-corrected chi connectivity index (χ3v) is 12.8. The zero-order chi connectivity index (χ0) is 45.9. The first-order valence-electron chi connectivity index (χ1n) is 21.8. The lowest BCUT2D eigenvalue weighted by Gasteiger charge is -2.30. The number of primary amides is 1. The van der Waals surface area contributed by atoms with Gasteiger partial charge >= 0.3 is 6.03 Å². The van der Waals surface area contributed by atoms with Crippen molar-refractivity contribution in [2.75, 3.05) is 31.9 Å². The second-order valence-electron chi connectivity index (χ2n) is 16.7. The Bertz CT molecular complexity index is 1770. The second kappa shape index (κ2) is 25.6. The molecule has 0 spiro atoms. The van der Waals surface area contributed by atoms with Gasteiger partial charge < -0.3 is 47.9 Å². The molecule has 0 radical (unpaired) electrons. The number of amides is 10. The Hall–Kier alpha value is -5.44. The summed E-state index contributed by atoms with van der Waals surface area (Å²) in [6, 6.07) is 6.19. The third-order valence-electron chi connectivity index (χ3n) is 11.3. The molecule has 3 saturated heterocycles. The molecule has 21 heteroatoms. The number of hydrogen-bond donors (Lipinski definition) is 10. The van der Waals surface area contributed by atoms with E-state index >= 15 is 0 Å². The molecule has 0 saturated carbocycles. The van der Waals surface area contributed by atoms with Gasteiger partial charge in [0.1, 0.15) is 18.1 Å². The molecular formula is C42H64N10O10S. The minimum absolute atomic E-state index is 0.0320. The minimum atomic E-state index is -1.08. The Morgan fingerprint density at radius 2 is 1.62 bits per heavy atom. The van der Waals surface area contributed by atoms with E-state index in [1.165, 1.54) is 4.90 Å². The number of benzene rings is 1. The van der Waals surface area contributed by atoms with Crippen molar-refractivity contribution >= 4 is 65.1 Å². The number of urea groups is 1. The van der Waals surface area contributed by atoms with E-state index in [0.717, 1.165) is 30.6 Å². The zero-order valence-corrected chi connectivity index (χ0v) is 36.9. The molecule has 3 fully saturated rings. The molecule has 0 aromatic heterocycles. The first kappa shape index (κ1) is 50.2. The molecular weight excluding hydrogens is 837 g/mol. The van der Waals surface area contributed by atoms with Crippen molar-refractivity contribution in [1.29, 1.82) is 0 Å². The maximum absolute atomic E-state index is 14.0. The summed E-state index contributed by atoms with van der Waals surface area (Å²) in [7, 11) is 0. The van der Waals surface area contributed by atoms with Gasteiger partial charge in [-0.15, -0.1) is 0 Å². The molecule has 1 aromatic carbocycles. The fourth-order valence-corrected chi connectivity index (χ4v) is 9.63. The van der Waals surface area contributed by atoms with Crippen LogP contribution in [0.15, 0.2) is 30.3 Å². The predicted octanol–water partition coefficient (Wildman–Crippen LogP) is -0.523. The lowest BCUT2D eigenvalue weighted by atomic mass is 9.92. The molecule has 0 bridgehead atoms. The van der Waals surface area contributed by atoms with Crippen LogP contribution in [0.3, 0.4) is 0 Å². The minimum Gasteiger partial charge on any atom is -0.368 e. The fourth-order valence-electron chi connectivity index (χ4n) is 8.09. The molecule has 11 N–H and O–H groups in total. The Morgan fingerprint density at radius 3 is 2.33 bits per heavy atom. The lowest BCUT2D eigenvalue weighted by molar-refractivity contribution is -0.142. The number of carbonyl (C=O) groups excluding carboxylic acids is 9. The number of carbonyl (C=O) groups is 9. The molecule has 0 aliphatic carbocycles. The fraction of sp³-hybridized carbons (Fsp3) is 0.643. The van der Waals surface area contributed by atoms with E-state index in [-0.39, 0.29) is 55.7 Å². The largest absolute Gasteiger partial charge is 0.368 e. The number of nitrogens with zero attached hydrogens (tertiary/aromatic N) is 1. The van der Waals surface area contributed by atoms with E-state index in [1.807, 2.05) is 31.7 Å². The SMILES string of the molecule is CC(C)CC(CC(=O)NO)C(=O)N[C@@H](Cc1ccccc1)C(=O)N1CCC[C@H]1C(=O)NCC(=O)NCC(=O)N[C@@H](CCCCNC(=O)CCCC[C@@H]1SC[C@@H]2NC(=O)N[C@@H]21)C(N)=O. The molecule has 20 nitrogen and oxygen atoms in total. The number of thioether (sulfide) groups is 1. The third kappa shape index (κ3) is 16.6. The van der Waals surface area contributed by atoms with Crippen LogP contribution in [0.2, 0.25) is 0 Å². The highest BCUT2D eigenvalue weighted by Gasteiger charge is 2.43. The van der Waals surface area contributed by atoms with Gasteiger partial charge in [-0.05, 0) is 62.8 Å². The van der Waals surface area contributed by atoms with Gasteiger partial charge in [-0.1, -0.05) is 50.6 Å². The Labute approximate surface area is 371 Å². The van der Waals surface area contributed by atoms with Gasteiger partial charge in [-0.25, -0.2) is 10.3 Å². The standard InChI is InChI=1S/C42H64N10O10S/c1-25(2)19-27(21-34(54)51-62)39(58)48-29(20-26-11-4-3-5-12-26)41(60)52-18-10-14-31(52)40(59)46-22-35(55)45-23-36(56)47-28(38(43)57)13-8-9-17-44-33(53)16-7-6-15-32-37-30(24-63-32)49-42(61)50-37/h3-5,11-12,25,27-32,37,62H,6-10,13-24H2,1-2H3,(H2,43,57)(H,44,53)(H,45,55)(H,46,59)(H,47,56)(H,48,58)(H,51,54)(H2,49,50,61)/t27?,28-,29-,30-,31-,32-,37-/m0/s1. The lowest BCUT2D eigenvalue weighted by Crippen LogP contribution is -2.55. The topological polar surface area (TPSA) is 299 Å². The first-order chi connectivity index (χ1) is 30.1. The van der Waals surface area contributed by atoms with E-state index in [2.05, 4.69) is 37.2 Å². The summed E-state index contributed by atoms with van der Waals surface area (Å²) < 4.78 is 0. The molecule has 3 aliphatic rings. The van der Waals surface area contributed by atoms with E-state index in [9.17, 15) is 43.2 Å². The Kier molecular flexibility index (Phi) is 20.4. The zero-order valence-electron chi connectivity index (χ0n) is 36.1. The molecule has 348 valence electrons. The second-order valence-corrected chi connectivity index (χ2v) is 18.0. The Morgan fingerprint density at radius 1 is 0.873 bits per heavy atom. The van der Waals surface area contributed by atoms with Crippen molar-refractivity contribution in [3.8, 4) is 0 Å². The van der Waals surface area contributed by atoms with Gasteiger partial charge in [0, 0.05) is 49.3 Å². The highest BCUT2D eigenvalue weighted by Crippen LogP contribution is 2.33. The molecule has 3 aliphatic heterocycles. The number of hydroxylamine groups is 1. The van der Waals surface area contributed by atoms with Crippen LogP contribution in [0.5, 0.6) is 0 Å². The molecule has 10 amide bonds. The summed E-state index contributed by atoms with van der Waals surface area (Å²) in [4.78, 5) is 115. The maximum Gasteiger partial charge on any atom is 0.315 e. The van der Waals surface area contributed by atoms with Gasteiger partial charge in [0.25, 0.3) is 0 Å². The van der Waals surface area contributed by atoms with Crippen LogP contribution in [0, 0.1) is 11.8 Å². The predicted molar refractivity (Wildman–Crippen MR) is 232 cm³/mol. The first-order valence-corrected chi connectivity index (χ1v) is 22.9. The van der Waals surface area contributed by atoms with Crippen molar-refractivity contribution in [1.82, 2.24) is 47.6 Å². The number of likely N-dealkylation sites (tertiary alicyclic amines) is 1. The molecule has 63 heavy (non-hydrogen) atoms. The summed E-state index contributed by atoms with van der Waals surface area (Å²) in [5, 5.41) is 28.4. The molecule has 4 rings (SSSR count). The number of nitrogens with two attached hydrogens (primary N) is 1. The van der Waals surface area contributed by atoms with Crippen LogP contribution in [0.4, 0.5) is 4.79 Å². The van der Waals surface area contributed by atoms with E-state index in [4.69, 9.17) is 10.9 Å². The van der Waals surface area contributed by atoms with E-state index in [1.54, 1.807) is 29.7 Å². The van der Waals surface area contributed by atoms with Gasteiger partial charge in [0.15, 0.2) is 0 Å². The normalized spacial score (nSPS) is 20.3. The van der Waals surface area contributed by atoms with Crippen molar-refractivity contribution in [3.63, 3.8) is 0 Å². The van der Waals surface area contributed by atoms with Crippen LogP contribution in [-0.2, 0) is 44.8 Å². The summed E-state index contributed by atoms with van der Waals surface area (Å²) in [5.74, 6) is -4.46. The summed E-state index contributed by atoms with van der Waals surface area (Å²) in [6.45, 7) is 3.39. The molecule has 3 heterocycles. The number of nitrogens with one attached hydrogen (secondary N) is 8. The highest BCUT2D eigenvalue weighted by atomic mass is 32.2. The number of hydrogen-bond acceptors (Lipinski definition) is 11. The Balaban J connectivity index is 1.15. The molecule has 1 unspecified atom stereocenters. The van der Waals surface area contributed by atoms with Gasteiger partial charge in [-0.2, -0.15) is 11.8 Å². The quantitative estimate of drug-likeness (QED) is 0.0244. The molecule has 7 atom stereocenters. The average Bonchev–Trinajstić information content (AvgIpc) is 3.99.